The Morgan fingerprint density at radius 1 is 0.773 bits per heavy atom. The van der Waals surface area contributed by atoms with E-state index in [-0.39, 0.29) is 11.5 Å². The predicted molar refractivity (Wildman–Crippen MR) is 166 cm³/mol. The van der Waals surface area contributed by atoms with Crippen molar-refractivity contribution in [3.63, 3.8) is 0 Å². The molecule has 0 bridgehead atoms. The third kappa shape index (κ3) is 7.31. The largest absolute Gasteiger partial charge is 0.495 e. The van der Waals surface area contributed by atoms with E-state index in [4.69, 9.17) is 4.74 Å². The molecular formula is C34H33F3N4O3. The van der Waals surface area contributed by atoms with Crippen molar-refractivity contribution in [2.75, 3.05) is 55.0 Å². The van der Waals surface area contributed by atoms with Crippen molar-refractivity contribution in [2.24, 2.45) is 0 Å². The van der Waals surface area contributed by atoms with Gasteiger partial charge in [-0.3, -0.25) is 9.59 Å². The molecule has 228 valence electrons. The molecule has 0 aliphatic carbocycles. The molecule has 7 nitrogen and oxygen atoms in total. The van der Waals surface area contributed by atoms with Gasteiger partial charge < -0.3 is 25.2 Å². The van der Waals surface area contributed by atoms with Crippen LogP contribution in [0, 0.1) is 0 Å². The highest BCUT2D eigenvalue weighted by Gasteiger charge is 2.30. The zero-order valence-electron chi connectivity index (χ0n) is 24.2. The topological polar surface area (TPSA) is 73.9 Å². The van der Waals surface area contributed by atoms with E-state index in [0.717, 1.165) is 47.0 Å². The lowest BCUT2D eigenvalue weighted by Gasteiger charge is -2.38. The van der Waals surface area contributed by atoms with Gasteiger partial charge in [0.05, 0.1) is 23.9 Å². The normalized spacial score (nSPS) is 13.4. The van der Waals surface area contributed by atoms with Gasteiger partial charge in [-0.05, 0) is 66.6 Å². The number of hydrogen-bond donors (Lipinski definition) is 2. The number of nitrogens with one attached hydrogen (secondary N) is 2. The van der Waals surface area contributed by atoms with Crippen molar-refractivity contribution >= 4 is 28.9 Å². The predicted octanol–water partition coefficient (Wildman–Crippen LogP) is 6.27. The van der Waals surface area contributed by atoms with Crippen LogP contribution < -0.4 is 25.2 Å². The molecule has 1 aliphatic heterocycles. The Kier molecular flexibility index (Phi) is 9.38. The number of benzene rings is 4. The first-order chi connectivity index (χ1) is 21.2. The summed E-state index contributed by atoms with van der Waals surface area (Å²) < 4.78 is 44.4. The highest BCUT2D eigenvalue weighted by Crippen LogP contribution is 2.32. The number of halogens is 3. The average molecular weight is 603 g/mol. The number of ether oxygens (including phenoxy) is 1. The lowest BCUT2D eigenvalue weighted by atomic mass is 10.1. The van der Waals surface area contributed by atoms with Crippen molar-refractivity contribution in [1.82, 2.24) is 5.32 Å². The molecule has 0 atom stereocenters. The zero-order chi connectivity index (χ0) is 31.1. The van der Waals surface area contributed by atoms with E-state index in [1.165, 1.54) is 0 Å². The van der Waals surface area contributed by atoms with E-state index in [9.17, 15) is 22.8 Å². The number of nitrogens with zero attached hydrogens (tertiary/aromatic N) is 2. The second-order valence-corrected chi connectivity index (χ2v) is 10.4. The molecular weight excluding hydrogens is 569 g/mol. The first kappa shape index (κ1) is 30.5. The van der Waals surface area contributed by atoms with Crippen LogP contribution in [0.3, 0.4) is 0 Å². The minimum absolute atomic E-state index is 0.0726. The van der Waals surface area contributed by atoms with Crippen molar-refractivity contribution in [3.8, 4) is 5.75 Å². The first-order valence-corrected chi connectivity index (χ1v) is 14.3. The number of alkyl halides is 3. The van der Waals surface area contributed by atoms with Crippen molar-refractivity contribution in [1.29, 1.82) is 0 Å². The molecule has 1 fully saturated rings. The van der Waals surface area contributed by atoms with Crippen LogP contribution in [-0.4, -0.2) is 51.6 Å². The van der Waals surface area contributed by atoms with Gasteiger partial charge in [0.2, 0.25) is 0 Å². The van der Waals surface area contributed by atoms with Crippen LogP contribution in [0.25, 0.3) is 0 Å². The van der Waals surface area contributed by atoms with Crippen LogP contribution >= 0.6 is 0 Å². The Bertz CT molecular complexity index is 1590. The van der Waals surface area contributed by atoms with Gasteiger partial charge in [0, 0.05) is 49.7 Å². The molecule has 1 aliphatic rings. The summed E-state index contributed by atoms with van der Waals surface area (Å²) >= 11 is 0. The quantitative estimate of drug-likeness (QED) is 0.237. The molecule has 1 heterocycles. The minimum atomic E-state index is -4.49. The summed E-state index contributed by atoms with van der Waals surface area (Å²) in [6.45, 7) is 3.15. The molecule has 0 unspecified atom stereocenters. The Hall–Kier alpha value is -4.99. The van der Waals surface area contributed by atoms with E-state index < -0.39 is 17.6 Å². The maximum absolute atomic E-state index is 13.5. The fraction of sp³-hybridized carbons (Fsp3) is 0.235. The van der Waals surface area contributed by atoms with Crippen LogP contribution in [0.4, 0.5) is 30.2 Å². The number of hydrogen-bond acceptors (Lipinski definition) is 5. The van der Waals surface area contributed by atoms with Gasteiger partial charge in [0.15, 0.2) is 0 Å². The highest BCUT2D eigenvalue weighted by atomic mass is 19.4. The molecule has 0 radical (unpaired) electrons. The van der Waals surface area contributed by atoms with Gasteiger partial charge in [-0.15, -0.1) is 0 Å². The fourth-order valence-electron chi connectivity index (χ4n) is 5.22. The summed E-state index contributed by atoms with van der Waals surface area (Å²) in [7, 11) is 1.65. The van der Waals surface area contributed by atoms with Crippen LogP contribution in [-0.2, 0) is 12.6 Å². The monoisotopic (exact) mass is 602 g/mol. The van der Waals surface area contributed by atoms with Gasteiger partial charge in [0.1, 0.15) is 5.75 Å². The minimum Gasteiger partial charge on any atom is -0.495 e. The zero-order valence-corrected chi connectivity index (χ0v) is 24.2. The van der Waals surface area contributed by atoms with Crippen molar-refractivity contribution < 1.29 is 27.5 Å². The molecule has 10 heteroatoms. The molecule has 4 aromatic carbocycles. The smallest absolute Gasteiger partial charge is 0.416 e. The van der Waals surface area contributed by atoms with Crippen LogP contribution in [0.15, 0.2) is 97.1 Å². The second-order valence-electron chi connectivity index (χ2n) is 10.4. The van der Waals surface area contributed by atoms with E-state index in [1.807, 2.05) is 54.6 Å². The van der Waals surface area contributed by atoms with Crippen molar-refractivity contribution in [3.05, 3.63) is 119 Å². The van der Waals surface area contributed by atoms with Gasteiger partial charge >= 0.3 is 6.18 Å². The molecule has 44 heavy (non-hydrogen) atoms. The van der Waals surface area contributed by atoms with Gasteiger partial charge in [-0.25, -0.2) is 0 Å². The SMILES string of the molecule is COc1ccccc1N1CCN(c2ccc(NC(=O)c3ccc(C(F)(F)F)cc3)cc2C(=O)NCCc2ccccc2)CC1. The molecule has 2 N–H and O–H groups in total. The van der Waals surface area contributed by atoms with E-state index >= 15 is 0 Å². The lowest BCUT2D eigenvalue weighted by Crippen LogP contribution is -2.47. The van der Waals surface area contributed by atoms with Crippen LogP contribution in [0.2, 0.25) is 0 Å². The number of anilines is 3. The molecule has 2 amide bonds. The number of piperazine rings is 1. The summed E-state index contributed by atoms with van der Waals surface area (Å²) in [5.74, 6) is -0.0615. The highest BCUT2D eigenvalue weighted by molar-refractivity contribution is 6.06. The molecule has 5 rings (SSSR count). The van der Waals surface area contributed by atoms with Gasteiger partial charge in [-0.1, -0.05) is 42.5 Å². The number of para-hydroxylation sites is 2. The molecule has 1 saturated heterocycles. The van der Waals surface area contributed by atoms with Crippen molar-refractivity contribution in [2.45, 2.75) is 12.6 Å². The Morgan fingerprint density at radius 3 is 2.07 bits per heavy atom. The first-order valence-electron chi connectivity index (χ1n) is 14.3. The Labute approximate surface area is 254 Å². The van der Waals surface area contributed by atoms with Crippen LogP contribution in [0.1, 0.15) is 31.8 Å². The summed E-state index contributed by atoms with van der Waals surface area (Å²) in [5, 5.41) is 5.72. The van der Waals surface area contributed by atoms with E-state index in [0.29, 0.717) is 50.4 Å². The summed E-state index contributed by atoms with van der Waals surface area (Å²) in [6.07, 6.45) is -3.84. The van der Waals surface area contributed by atoms with Gasteiger partial charge in [-0.2, -0.15) is 13.2 Å². The maximum Gasteiger partial charge on any atom is 0.416 e. The third-order valence-electron chi connectivity index (χ3n) is 7.56. The summed E-state index contributed by atoms with van der Waals surface area (Å²) in [6, 6.07) is 26.8. The summed E-state index contributed by atoms with van der Waals surface area (Å²) in [5.41, 5.74) is 2.83. The molecule has 4 aromatic rings. The number of carbonyl (C=O) groups is 2. The summed E-state index contributed by atoms with van der Waals surface area (Å²) in [4.78, 5) is 30.8. The number of methoxy groups -OCH3 is 1. The molecule has 0 aromatic heterocycles. The lowest BCUT2D eigenvalue weighted by molar-refractivity contribution is -0.137. The number of carbonyl (C=O) groups excluding carboxylic acids is 2. The molecule has 0 saturated carbocycles. The Morgan fingerprint density at radius 2 is 1.41 bits per heavy atom. The van der Waals surface area contributed by atoms with Gasteiger partial charge in [0.25, 0.3) is 11.8 Å². The molecule has 0 spiro atoms. The van der Waals surface area contributed by atoms with Crippen LogP contribution in [0.5, 0.6) is 5.75 Å². The van der Waals surface area contributed by atoms with E-state index in [1.54, 1.807) is 25.3 Å². The van der Waals surface area contributed by atoms with E-state index in [2.05, 4.69) is 20.4 Å². The Balaban J connectivity index is 1.33. The average Bonchev–Trinajstić information content (AvgIpc) is 3.05. The second kappa shape index (κ2) is 13.5. The number of rotatable bonds is 9. The third-order valence-corrected chi connectivity index (χ3v) is 7.56. The standard InChI is InChI=1S/C34H33F3N4O3/c1-44-31-10-6-5-9-30(31)41-21-19-40(20-22-41)29-16-15-27(39-32(42)25-11-13-26(14-12-25)34(35,36)37)23-28(29)33(43)38-18-17-24-7-3-2-4-8-24/h2-16,23H,17-22H2,1H3,(H,38,43)(H,39,42). The maximum atomic E-state index is 13.5. The number of amides is 2. The fourth-order valence-corrected chi connectivity index (χ4v) is 5.22.